The average molecular weight is 509 g/mol. The third kappa shape index (κ3) is 8.40. The standard InChI is InChI=1S/C21H32N8O5S/c1-3-11(2)17(22)20(32)28-15(5-13-7-24-10-26-13)18(30)27-14(4-12-6-23-9-25-12)19(31)29-16(8-35)21(33)34/h6-7,9-11,14-17,35H,3-5,8,22H2,1-2H3,(H,23,25)(H,24,26)(H,27,30)(H,28,32)(H,29,31)(H,33,34). The van der Waals surface area contributed by atoms with Crippen molar-refractivity contribution in [3.63, 3.8) is 0 Å². The first-order chi connectivity index (χ1) is 16.7. The first-order valence-electron chi connectivity index (χ1n) is 11.1. The number of carbonyl (C=O) groups is 4. The smallest absolute Gasteiger partial charge is 0.327 e. The highest BCUT2D eigenvalue weighted by Crippen LogP contribution is 2.08. The molecule has 0 bridgehead atoms. The van der Waals surface area contributed by atoms with Gasteiger partial charge in [-0.1, -0.05) is 20.3 Å². The van der Waals surface area contributed by atoms with Crippen molar-refractivity contribution >= 4 is 36.3 Å². The number of amides is 3. The van der Waals surface area contributed by atoms with Crippen molar-refractivity contribution in [1.29, 1.82) is 0 Å². The van der Waals surface area contributed by atoms with Gasteiger partial charge in [0.1, 0.15) is 18.1 Å². The zero-order valence-electron chi connectivity index (χ0n) is 19.5. The van der Waals surface area contributed by atoms with Crippen LogP contribution in [-0.2, 0) is 32.0 Å². The molecule has 2 aromatic rings. The zero-order chi connectivity index (χ0) is 26.0. The first kappa shape index (κ1) is 27.9. The van der Waals surface area contributed by atoms with Crippen molar-refractivity contribution < 1.29 is 24.3 Å². The Labute approximate surface area is 207 Å². The fourth-order valence-electron chi connectivity index (χ4n) is 3.16. The van der Waals surface area contributed by atoms with E-state index in [-0.39, 0.29) is 24.5 Å². The molecule has 2 aromatic heterocycles. The third-order valence-corrected chi connectivity index (χ3v) is 5.95. The number of carboxylic acid groups (broad SMARTS) is 1. The van der Waals surface area contributed by atoms with Crippen LogP contribution in [0.5, 0.6) is 0 Å². The van der Waals surface area contributed by atoms with Crippen LogP contribution in [0.2, 0.25) is 0 Å². The summed E-state index contributed by atoms with van der Waals surface area (Å²) in [5, 5.41) is 16.9. The van der Waals surface area contributed by atoms with Gasteiger partial charge < -0.3 is 36.8 Å². The van der Waals surface area contributed by atoms with E-state index in [2.05, 4.69) is 48.5 Å². The number of nitrogens with zero attached hydrogens (tertiary/aromatic N) is 2. The molecule has 192 valence electrons. The molecule has 0 spiro atoms. The number of hydrogen-bond donors (Lipinski definition) is 8. The monoisotopic (exact) mass is 508 g/mol. The van der Waals surface area contributed by atoms with Crippen molar-refractivity contribution in [3.05, 3.63) is 36.4 Å². The van der Waals surface area contributed by atoms with Crippen molar-refractivity contribution in [2.75, 3.05) is 5.75 Å². The molecule has 0 aliphatic heterocycles. The fraction of sp³-hybridized carbons (Fsp3) is 0.524. The predicted octanol–water partition coefficient (Wildman–Crippen LogP) is -1.24. The summed E-state index contributed by atoms with van der Waals surface area (Å²) < 4.78 is 0. The number of carbonyl (C=O) groups excluding carboxylic acids is 3. The van der Waals surface area contributed by atoms with Crippen LogP contribution in [0.4, 0.5) is 0 Å². The highest BCUT2D eigenvalue weighted by molar-refractivity contribution is 7.80. The molecule has 2 heterocycles. The van der Waals surface area contributed by atoms with Crippen LogP contribution < -0.4 is 21.7 Å². The summed E-state index contributed by atoms with van der Waals surface area (Å²) in [4.78, 5) is 63.8. The van der Waals surface area contributed by atoms with Gasteiger partial charge in [0.25, 0.3) is 0 Å². The molecule has 8 N–H and O–H groups in total. The number of aromatic amines is 2. The van der Waals surface area contributed by atoms with Gasteiger partial charge in [0.05, 0.1) is 18.7 Å². The van der Waals surface area contributed by atoms with Crippen molar-refractivity contribution in [3.8, 4) is 0 Å². The number of thiol groups is 1. The lowest BCUT2D eigenvalue weighted by Gasteiger charge is -2.25. The number of rotatable bonds is 14. The first-order valence-corrected chi connectivity index (χ1v) is 11.7. The van der Waals surface area contributed by atoms with Crippen LogP contribution >= 0.6 is 12.6 Å². The highest BCUT2D eigenvalue weighted by Gasteiger charge is 2.31. The van der Waals surface area contributed by atoms with E-state index < -0.39 is 47.9 Å². The van der Waals surface area contributed by atoms with E-state index in [0.717, 1.165) is 0 Å². The zero-order valence-corrected chi connectivity index (χ0v) is 20.4. The summed E-state index contributed by atoms with van der Waals surface area (Å²) in [6.07, 6.45) is 6.60. The lowest BCUT2D eigenvalue weighted by Crippen LogP contribution is -2.58. The molecule has 3 amide bonds. The minimum absolute atomic E-state index is 0.00753. The Morgan fingerprint density at radius 2 is 1.40 bits per heavy atom. The van der Waals surface area contributed by atoms with E-state index in [1.807, 2.05) is 13.8 Å². The summed E-state index contributed by atoms with van der Waals surface area (Å²) in [7, 11) is 0. The number of imidazole rings is 2. The topological polar surface area (TPSA) is 208 Å². The molecule has 13 nitrogen and oxygen atoms in total. The van der Waals surface area contributed by atoms with E-state index in [0.29, 0.717) is 17.8 Å². The number of hydrogen-bond acceptors (Lipinski definition) is 8. The van der Waals surface area contributed by atoms with E-state index >= 15 is 0 Å². The molecule has 2 rings (SSSR count). The van der Waals surface area contributed by atoms with Crippen LogP contribution in [0.25, 0.3) is 0 Å². The molecular weight excluding hydrogens is 476 g/mol. The van der Waals surface area contributed by atoms with E-state index in [1.165, 1.54) is 25.0 Å². The van der Waals surface area contributed by atoms with Gasteiger partial charge in [0.15, 0.2) is 0 Å². The van der Waals surface area contributed by atoms with Crippen molar-refractivity contribution in [2.45, 2.75) is 57.3 Å². The van der Waals surface area contributed by atoms with Crippen molar-refractivity contribution in [2.24, 2.45) is 11.7 Å². The molecule has 0 aliphatic rings. The van der Waals surface area contributed by atoms with Gasteiger partial charge in [-0.3, -0.25) is 14.4 Å². The Kier molecular flexibility index (Phi) is 10.7. The van der Waals surface area contributed by atoms with Gasteiger partial charge in [-0.15, -0.1) is 0 Å². The Bertz CT molecular complexity index is 969. The van der Waals surface area contributed by atoms with E-state index in [4.69, 9.17) is 5.73 Å². The number of aromatic nitrogens is 4. The van der Waals surface area contributed by atoms with Crippen LogP contribution in [-0.4, -0.2) is 78.7 Å². The maximum atomic E-state index is 13.3. The lowest BCUT2D eigenvalue weighted by molar-refractivity contribution is -0.141. The number of H-pyrrole nitrogens is 2. The Morgan fingerprint density at radius 3 is 1.77 bits per heavy atom. The van der Waals surface area contributed by atoms with Crippen LogP contribution in [0.1, 0.15) is 31.7 Å². The normalized spacial score (nSPS) is 15.3. The second kappa shape index (κ2) is 13.5. The summed E-state index contributed by atoms with van der Waals surface area (Å²) in [6.45, 7) is 3.74. The van der Waals surface area contributed by atoms with Gasteiger partial charge in [-0.25, -0.2) is 14.8 Å². The molecule has 0 saturated carbocycles. The Hall–Kier alpha value is -3.39. The molecule has 14 heteroatoms. The molecular formula is C21H32N8O5S. The number of nitrogens with one attached hydrogen (secondary N) is 5. The summed E-state index contributed by atoms with van der Waals surface area (Å²) in [5.41, 5.74) is 7.15. The van der Waals surface area contributed by atoms with Crippen LogP contribution in [0, 0.1) is 5.92 Å². The Balaban J connectivity index is 2.23. The van der Waals surface area contributed by atoms with Crippen LogP contribution in [0.15, 0.2) is 25.0 Å². The lowest BCUT2D eigenvalue weighted by atomic mass is 9.98. The average Bonchev–Trinajstić information content (AvgIpc) is 3.54. The Morgan fingerprint density at radius 1 is 0.943 bits per heavy atom. The summed E-state index contributed by atoms with van der Waals surface area (Å²) in [6, 6.07) is -4.31. The summed E-state index contributed by atoms with van der Waals surface area (Å²) in [5.74, 6) is -3.39. The van der Waals surface area contributed by atoms with Gasteiger partial charge in [-0.05, 0) is 5.92 Å². The fourth-order valence-corrected chi connectivity index (χ4v) is 3.41. The highest BCUT2D eigenvalue weighted by atomic mass is 32.1. The second-order valence-corrected chi connectivity index (χ2v) is 8.54. The predicted molar refractivity (Wildman–Crippen MR) is 129 cm³/mol. The van der Waals surface area contributed by atoms with Gasteiger partial charge in [-0.2, -0.15) is 12.6 Å². The third-order valence-electron chi connectivity index (χ3n) is 5.58. The molecule has 0 aromatic carbocycles. The molecule has 0 fully saturated rings. The summed E-state index contributed by atoms with van der Waals surface area (Å²) >= 11 is 3.95. The number of aliphatic carboxylic acids is 1. The maximum absolute atomic E-state index is 13.3. The molecule has 0 aliphatic carbocycles. The minimum atomic E-state index is -1.26. The van der Waals surface area contributed by atoms with Gasteiger partial charge in [0, 0.05) is 42.4 Å². The minimum Gasteiger partial charge on any atom is -0.480 e. The van der Waals surface area contributed by atoms with E-state index in [9.17, 15) is 24.3 Å². The molecule has 0 saturated heterocycles. The quantitative estimate of drug-likeness (QED) is 0.144. The van der Waals surface area contributed by atoms with E-state index in [1.54, 1.807) is 0 Å². The molecule has 5 unspecified atom stereocenters. The second-order valence-electron chi connectivity index (χ2n) is 8.18. The molecule has 5 atom stereocenters. The van der Waals surface area contributed by atoms with Crippen molar-refractivity contribution in [1.82, 2.24) is 35.9 Å². The number of carboxylic acids is 1. The number of nitrogens with two attached hydrogens (primary N) is 1. The van der Waals surface area contributed by atoms with Gasteiger partial charge >= 0.3 is 5.97 Å². The largest absolute Gasteiger partial charge is 0.480 e. The SMILES string of the molecule is CCC(C)C(N)C(=O)NC(Cc1cnc[nH]1)C(=O)NC(Cc1cnc[nH]1)C(=O)NC(CS)C(=O)O. The van der Waals surface area contributed by atoms with Gasteiger partial charge in [0.2, 0.25) is 17.7 Å². The maximum Gasteiger partial charge on any atom is 0.327 e. The van der Waals surface area contributed by atoms with Crippen LogP contribution in [0.3, 0.4) is 0 Å². The molecule has 0 radical (unpaired) electrons. The molecule has 35 heavy (non-hydrogen) atoms.